The Kier molecular flexibility index (Phi) is 3.57. The quantitative estimate of drug-likeness (QED) is 0.752. The predicted octanol–water partition coefficient (Wildman–Crippen LogP) is 3.79. The molecule has 3 heteroatoms. The molecule has 1 rings (SSSR count). The van der Waals surface area contributed by atoms with Crippen LogP contribution in [0.4, 0.5) is 0 Å². The summed E-state index contributed by atoms with van der Waals surface area (Å²) in [4.78, 5) is 0. The fourth-order valence-electron chi connectivity index (χ4n) is 1.14. The molecule has 0 bridgehead atoms. The molecule has 0 aliphatic carbocycles. The second-order valence-corrected chi connectivity index (χ2v) is 3.69. The number of hydrogen-bond donors (Lipinski definition) is 0. The van der Waals surface area contributed by atoms with Crippen molar-refractivity contribution >= 4 is 23.2 Å². The monoisotopic (exact) mass is 225 g/mol. The number of halogens is 2. The maximum atomic E-state index is 9.11. The van der Waals surface area contributed by atoms with Gasteiger partial charge in [0.25, 0.3) is 0 Å². The Balaban J connectivity index is 3.24. The second kappa shape index (κ2) is 4.50. The van der Waals surface area contributed by atoms with Crippen LogP contribution in [0.3, 0.4) is 0 Å². The van der Waals surface area contributed by atoms with Crippen LogP contribution in [0, 0.1) is 11.3 Å². The first kappa shape index (κ1) is 11.1. The lowest BCUT2D eigenvalue weighted by atomic mass is 9.84. The number of nitriles is 1. The van der Waals surface area contributed by atoms with Crippen molar-refractivity contribution in [1.29, 1.82) is 5.26 Å². The fourth-order valence-corrected chi connectivity index (χ4v) is 1.51. The van der Waals surface area contributed by atoms with E-state index in [1.165, 1.54) is 5.54 Å². The summed E-state index contributed by atoms with van der Waals surface area (Å²) in [6.07, 6.45) is 0. The SMILES string of the molecule is CC(C#N)(/C(Cl)=C\Cl)c1ccccc1. The predicted molar refractivity (Wildman–Crippen MR) is 59.2 cm³/mol. The highest BCUT2D eigenvalue weighted by molar-refractivity contribution is 6.37. The molecule has 14 heavy (non-hydrogen) atoms. The molecule has 0 saturated carbocycles. The molecule has 0 spiro atoms. The molecular formula is C11H9Cl2N. The van der Waals surface area contributed by atoms with E-state index in [1.54, 1.807) is 6.92 Å². The van der Waals surface area contributed by atoms with Gasteiger partial charge in [-0.15, -0.1) is 0 Å². The minimum atomic E-state index is -0.857. The van der Waals surface area contributed by atoms with Crippen LogP contribution in [0.2, 0.25) is 0 Å². The largest absolute Gasteiger partial charge is 0.197 e. The first-order valence-corrected chi connectivity index (χ1v) is 4.89. The molecule has 1 unspecified atom stereocenters. The van der Waals surface area contributed by atoms with E-state index in [9.17, 15) is 0 Å². The zero-order valence-corrected chi connectivity index (χ0v) is 9.18. The summed E-state index contributed by atoms with van der Waals surface area (Å²) in [5.74, 6) is 0. The Bertz CT molecular complexity index is 378. The first-order chi connectivity index (χ1) is 6.65. The molecule has 1 aromatic carbocycles. The number of rotatable bonds is 2. The second-order valence-electron chi connectivity index (χ2n) is 3.06. The Morgan fingerprint density at radius 3 is 2.43 bits per heavy atom. The van der Waals surface area contributed by atoms with Crippen LogP contribution in [-0.4, -0.2) is 0 Å². The Labute approximate surface area is 93.6 Å². The van der Waals surface area contributed by atoms with Crippen molar-refractivity contribution in [3.8, 4) is 6.07 Å². The zero-order chi connectivity index (χ0) is 10.6. The molecule has 1 atom stereocenters. The highest BCUT2D eigenvalue weighted by atomic mass is 35.5. The third kappa shape index (κ3) is 1.92. The molecule has 72 valence electrons. The third-order valence-electron chi connectivity index (χ3n) is 2.15. The maximum absolute atomic E-state index is 9.11. The highest BCUT2D eigenvalue weighted by Gasteiger charge is 2.29. The van der Waals surface area contributed by atoms with E-state index < -0.39 is 5.41 Å². The van der Waals surface area contributed by atoms with Gasteiger partial charge in [-0.2, -0.15) is 5.26 Å². The van der Waals surface area contributed by atoms with Gasteiger partial charge in [-0.25, -0.2) is 0 Å². The topological polar surface area (TPSA) is 23.8 Å². The van der Waals surface area contributed by atoms with E-state index in [4.69, 9.17) is 28.5 Å². The molecule has 0 radical (unpaired) electrons. The average molecular weight is 226 g/mol. The van der Waals surface area contributed by atoms with Gasteiger partial charge >= 0.3 is 0 Å². The molecule has 0 saturated heterocycles. The third-order valence-corrected chi connectivity index (χ3v) is 2.97. The first-order valence-electron chi connectivity index (χ1n) is 4.08. The Hall–Kier alpha value is -0.970. The lowest BCUT2D eigenvalue weighted by Crippen LogP contribution is -2.19. The van der Waals surface area contributed by atoms with Gasteiger partial charge in [-0.05, 0) is 12.5 Å². The molecule has 0 amide bonds. The van der Waals surface area contributed by atoms with Crippen molar-refractivity contribution in [2.24, 2.45) is 0 Å². The van der Waals surface area contributed by atoms with E-state index in [-0.39, 0.29) is 0 Å². The molecule has 0 fully saturated rings. The van der Waals surface area contributed by atoms with E-state index >= 15 is 0 Å². The number of allylic oxidation sites excluding steroid dienone is 1. The summed E-state index contributed by atoms with van der Waals surface area (Å²) in [5.41, 5.74) is 1.21. The van der Waals surface area contributed by atoms with Gasteiger partial charge in [0.2, 0.25) is 0 Å². The van der Waals surface area contributed by atoms with Gasteiger partial charge in [0.05, 0.1) is 11.1 Å². The normalized spacial score (nSPS) is 15.7. The van der Waals surface area contributed by atoms with Gasteiger partial charge in [-0.3, -0.25) is 0 Å². The van der Waals surface area contributed by atoms with Crippen LogP contribution >= 0.6 is 23.2 Å². The van der Waals surface area contributed by atoms with Crippen molar-refractivity contribution in [3.05, 3.63) is 46.5 Å². The van der Waals surface area contributed by atoms with Crippen molar-refractivity contribution < 1.29 is 0 Å². The van der Waals surface area contributed by atoms with Crippen LogP contribution in [-0.2, 0) is 5.41 Å². The van der Waals surface area contributed by atoms with E-state index in [0.29, 0.717) is 5.03 Å². The van der Waals surface area contributed by atoms with Crippen LogP contribution in [0.25, 0.3) is 0 Å². The molecular weight excluding hydrogens is 217 g/mol. The van der Waals surface area contributed by atoms with Crippen molar-refractivity contribution in [2.75, 3.05) is 0 Å². The minimum absolute atomic E-state index is 0.327. The molecule has 0 heterocycles. The van der Waals surface area contributed by atoms with Crippen LogP contribution < -0.4 is 0 Å². The minimum Gasteiger partial charge on any atom is -0.197 e. The van der Waals surface area contributed by atoms with Gasteiger partial charge in [0.15, 0.2) is 0 Å². The molecule has 0 N–H and O–H groups in total. The van der Waals surface area contributed by atoms with Crippen LogP contribution in [0.1, 0.15) is 12.5 Å². The van der Waals surface area contributed by atoms with Gasteiger partial charge in [0, 0.05) is 5.54 Å². The number of hydrogen-bond acceptors (Lipinski definition) is 1. The standard InChI is InChI=1S/C11H9Cl2N/c1-11(8-14,10(13)7-12)9-5-3-2-4-6-9/h2-7H,1H3/b10-7+. The van der Waals surface area contributed by atoms with E-state index in [0.717, 1.165) is 5.56 Å². The summed E-state index contributed by atoms with van der Waals surface area (Å²) in [6, 6.07) is 11.5. The number of benzene rings is 1. The summed E-state index contributed by atoms with van der Waals surface area (Å²) in [7, 11) is 0. The molecule has 0 aliphatic heterocycles. The Morgan fingerprint density at radius 2 is 2.00 bits per heavy atom. The molecule has 1 aromatic rings. The molecule has 1 nitrogen and oxygen atoms in total. The molecule has 0 aromatic heterocycles. The lowest BCUT2D eigenvalue weighted by Gasteiger charge is -2.20. The summed E-state index contributed by atoms with van der Waals surface area (Å²) < 4.78 is 0. The van der Waals surface area contributed by atoms with Gasteiger partial charge in [0.1, 0.15) is 5.41 Å². The summed E-state index contributed by atoms with van der Waals surface area (Å²) >= 11 is 11.4. The van der Waals surface area contributed by atoms with E-state index in [1.807, 2.05) is 30.3 Å². The maximum Gasteiger partial charge on any atom is 0.116 e. The summed E-state index contributed by atoms with van der Waals surface area (Å²) in [6.45, 7) is 1.74. The number of nitrogens with zero attached hydrogens (tertiary/aromatic N) is 1. The zero-order valence-electron chi connectivity index (χ0n) is 7.67. The van der Waals surface area contributed by atoms with E-state index in [2.05, 4.69) is 6.07 Å². The van der Waals surface area contributed by atoms with Crippen LogP contribution in [0.15, 0.2) is 40.9 Å². The average Bonchev–Trinajstić information content (AvgIpc) is 2.28. The summed E-state index contributed by atoms with van der Waals surface area (Å²) in [5, 5.41) is 9.43. The Morgan fingerprint density at radius 1 is 1.43 bits per heavy atom. The fraction of sp³-hybridized carbons (Fsp3) is 0.182. The molecule has 0 aliphatic rings. The van der Waals surface area contributed by atoms with Gasteiger partial charge in [-0.1, -0.05) is 53.5 Å². The van der Waals surface area contributed by atoms with Crippen molar-refractivity contribution in [1.82, 2.24) is 0 Å². The lowest BCUT2D eigenvalue weighted by molar-refractivity contribution is 0.760. The van der Waals surface area contributed by atoms with Crippen LogP contribution in [0.5, 0.6) is 0 Å². The van der Waals surface area contributed by atoms with Gasteiger partial charge < -0.3 is 0 Å². The smallest absolute Gasteiger partial charge is 0.116 e. The van der Waals surface area contributed by atoms with Crippen molar-refractivity contribution in [3.63, 3.8) is 0 Å². The highest BCUT2D eigenvalue weighted by Crippen LogP contribution is 2.33. The van der Waals surface area contributed by atoms with Crippen molar-refractivity contribution in [2.45, 2.75) is 12.3 Å².